The molecule has 6 nitrogen and oxygen atoms in total. The van der Waals surface area contributed by atoms with Crippen molar-refractivity contribution in [3.8, 4) is 5.75 Å². The number of benzene rings is 1. The lowest BCUT2D eigenvalue weighted by molar-refractivity contribution is 0.0933. The zero-order valence-electron chi connectivity index (χ0n) is 15.7. The number of nitrogens with zero attached hydrogens (tertiary/aromatic N) is 1. The number of ether oxygens (including phenoxy) is 1. The molecule has 1 fully saturated rings. The molecule has 6 heteroatoms. The molecule has 0 atom stereocenters. The van der Waals surface area contributed by atoms with Crippen LogP contribution < -0.4 is 15.4 Å². The van der Waals surface area contributed by atoms with Crippen molar-refractivity contribution >= 4 is 17.5 Å². The van der Waals surface area contributed by atoms with Gasteiger partial charge in [-0.25, -0.2) is 0 Å². The first-order valence-electron chi connectivity index (χ1n) is 9.37. The van der Waals surface area contributed by atoms with Crippen molar-refractivity contribution in [3.63, 3.8) is 0 Å². The predicted molar refractivity (Wildman–Crippen MR) is 104 cm³/mol. The Hall–Kier alpha value is -2.89. The normalized spacial score (nSPS) is 14.2. The molecule has 142 valence electrons. The summed E-state index contributed by atoms with van der Waals surface area (Å²) in [4.78, 5) is 29.1. The van der Waals surface area contributed by atoms with E-state index in [9.17, 15) is 9.59 Å². The second kappa shape index (κ2) is 8.66. The number of para-hydroxylation sites is 2. The molecule has 2 aromatic rings. The number of nitrogens with one attached hydrogen (secondary N) is 2. The molecule has 1 aromatic heterocycles. The van der Waals surface area contributed by atoms with Gasteiger partial charge in [0.1, 0.15) is 11.4 Å². The van der Waals surface area contributed by atoms with Crippen molar-refractivity contribution in [2.24, 2.45) is 0 Å². The lowest BCUT2D eigenvalue weighted by Gasteiger charge is -2.15. The quantitative estimate of drug-likeness (QED) is 0.814. The molecule has 0 aliphatic heterocycles. The Morgan fingerprint density at radius 1 is 1.11 bits per heavy atom. The van der Waals surface area contributed by atoms with Crippen LogP contribution >= 0.6 is 0 Å². The fourth-order valence-electron chi connectivity index (χ4n) is 3.15. The number of anilines is 1. The zero-order valence-corrected chi connectivity index (χ0v) is 15.7. The summed E-state index contributed by atoms with van der Waals surface area (Å²) in [6, 6.07) is 10.6. The van der Waals surface area contributed by atoms with Gasteiger partial charge in [0.2, 0.25) is 0 Å². The Kier molecular flexibility index (Phi) is 6.06. The summed E-state index contributed by atoms with van der Waals surface area (Å²) in [5, 5.41) is 5.84. The molecule has 1 aliphatic carbocycles. The van der Waals surface area contributed by atoms with E-state index in [-0.39, 0.29) is 29.7 Å². The average molecular weight is 367 g/mol. The van der Waals surface area contributed by atoms with E-state index in [2.05, 4.69) is 15.6 Å². The fraction of sp³-hybridized carbons (Fsp3) is 0.381. The van der Waals surface area contributed by atoms with Crippen LogP contribution in [-0.2, 0) is 0 Å². The first kappa shape index (κ1) is 18.9. The summed E-state index contributed by atoms with van der Waals surface area (Å²) < 4.78 is 5.73. The molecule has 0 bridgehead atoms. The molecule has 0 spiro atoms. The number of rotatable bonds is 6. The van der Waals surface area contributed by atoms with Crippen LogP contribution in [0, 0.1) is 0 Å². The van der Waals surface area contributed by atoms with Gasteiger partial charge >= 0.3 is 0 Å². The maximum Gasteiger partial charge on any atom is 0.270 e. The van der Waals surface area contributed by atoms with Gasteiger partial charge in [-0.05, 0) is 51.0 Å². The van der Waals surface area contributed by atoms with Crippen LogP contribution in [0.4, 0.5) is 5.69 Å². The van der Waals surface area contributed by atoms with Crippen LogP contribution in [0.5, 0.6) is 5.75 Å². The third-order valence-electron chi connectivity index (χ3n) is 4.44. The van der Waals surface area contributed by atoms with Crippen molar-refractivity contribution in [1.29, 1.82) is 0 Å². The van der Waals surface area contributed by atoms with Gasteiger partial charge in [0.05, 0.1) is 11.8 Å². The van der Waals surface area contributed by atoms with E-state index in [1.165, 1.54) is 12.3 Å². The number of aromatic nitrogens is 1. The second-order valence-electron chi connectivity index (χ2n) is 7.00. The van der Waals surface area contributed by atoms with Crippen molar-refractivity contribution in [2.75, 3.05) is 5.32 Å². The van der Waals surface area contributed by atoms with Crippen LogP contribution in [0.1, 0.15) is 60.4 Å². The van der Waals surface area contributed by atoms with Crippen molar-refractivity contribution in [2.45, 2.75) is 51.7 Å². The molecule has 3 rings (SSSR count). The minimum atomic E-state index is -0.313. The summed E-state index contributed by atoms with van der Waals surface area (Å²) in [7, 11) is 0. The van der Waals surface area contributed by atoms with Crippen LogP contribution in [0.25, 0.3) is 0 Å². The highest BCUT2D eigenvalue weighted by Crippen LogP contribution is 2.25. The number of carbonyl (C=O) groups is 2. The van der Waals surface area contributed by atoms with E-state index in [1.54, 1.807) is 12.1 Å². The largest absolute Gasteiger partial charge is 0.489 e. The molecule has 0 unspecified atom stereocenters. The second-order valence-corrected chi connectivity index (χ2v) is 7.00. The molecular weight excluding hydrogens is 342 g/mol. The SMILES string of the molecule is CC(C)Oc1ccccc1NC(=O)c1ccnc(C(=O)NC2CCCC2)c1. The molecule has 1 aliphatic rings. The Balaban J connectivity index is 1.71. The molecule has 27 heavy (non-hydrogen) atoms. The topological polar surface area (TPSA) is 80.3 Å². The van der Waals surface area contributed by atoms with Crippen molar-refractivity contribution in [1.82, 2.24) is 10.3 Å². The summed E-state index contributed by atoms with van der Waals surface area (Å²) in [5.41, 5.74) is 1.21. The van der Waals surface area contributed by atoms with E-state index in [1.807, 2.05) is 32.0 Å². The van der Waals surface area contributed by atoms with Gasteiger partial charge in [-0.15, -0.1) is 0 Å². The van der Waals surface area contributed by atoms with Crippen LogP contribution in [0.3, 0.4) is 0 Å². The minimum Gasteiger partial charge on any atom is -0.489 e. The smallest absolute Gasteiger partial charge is 0.270 e. The number of pyridine rings is 1. The van der Waals surface area contributed by atoms with E-state index in [4.69, 9.17) is 4.74 Å². The maximum atomic E-state index is 12.6. The van der Waals surface area contributed by atoms with Gasteiger partial charge < -0.3 is 15.4 Å². The third-order valence-corrected chi connectivity index (χ3v) is 4.44. The first-order valence-corrected chi connectivity index (χ1v) is 9.37. The minimum absolute atomic E-state index is 0.00476. The highest BCUT2D eigenvalue weighted by atomic mass is 16.5. The molecule has 2 N–H and O–H groups in total. The standard InChI is InChI=1S/C21H25N3O3/c1-14(2)27-19-10-6-5-9-17(19)24-20(25)15-11-12-22-18(13-15)21(26)23-16-7-3-4-8-16/h5-6,9-14,16H,3-4,7-8H2,1-2H3,(H,23,26)(H,24,25). The summed E-state index contributed by atoms with van der Waals surface area (Å²) in [5.74, 6) is 0.0568. The van der Waals surface area contributed by atoms with Crippen LogP contribution in [0.15, 0.2) is 42.6 Å². The van der Waals surface area contributed by atoms with Gasteiger partial charge in [0.15, 0.2) is 0 Å². The monoisotopic (exact) mass is 367 g/mol. The highest BCUT2D eigenvalue weighted by molar-refractivity contribution is 6.06. The van der Waals surface area contributed by atoms with Crippen LogP contribution in [0.2, 0.25) is 0 Å². The number of amides is 2. The number of carbonyl (C=O) groups excluding carboxylic acids is 2. The first-order chi connectivity index (χ1) is 13.0. The van der Waals surface area contributed by atoms with E-state index in [0.717, 1.165) is 25.7 Å². The van der Waals surface area contributed by atoms with Gasteiger partial charge in [0, 0.05) is 17.8 Å². The lowest BCUT2D eigenvalue weighted by Crippen LogP contribution is -2.33. The number of hydrogen-bond donors (Lipinski definition) is 2. The average Bonchev–Trinajstić information content (AvgIpc) is 3.16. The third kappa shape index (κ3) is 5.06. The summed E-state index contributed by atoms with van der Waals surface area (Å²) in [6.45, 7) is 3.85. The molecule has 1 aromatic carbocycles. The highest BCUT2D eigenvalue weighted by Gasteiger charge is 2.19. The van der Waals surface area contributed by atoms with Crippen molar-refractivity contribution < 1.29 is 14.3 Å². The summed E-state index contributed by atoms with van der Waals surface area (Å²) >= 11 is 0. The molecule has 2 amide bonds. The Morgan fingerprint density at radius 2 is 1.85 bits per heavy atom. The zero-order chi connectivity index (χ0) is 19.2. The molecular formula is C21H25N3O3. The fourth-order valence-corrected chi connectivity index (χ4v) is 3.15. The van der Waals surface area contributed by atoms with Crippen molar-refractivity contribution in [3.05, 3.63) is 53.9 Å². The van der Waals surface area contributed by atoms with E-state index >= 15 is 0 Å². The Bertz CT molecular complexity index is 814. The molecule has 0 radical (unpaired) electrons. The van der Waals surface area contributed by atoms with Gasteiger partial charge in [-0.3, -0.25) is 14.6 Å². The molecule has 0 saturated heterocycles. The van der Waals surface area contributed by atoms with Crippen LogP contribution in [-0.4, -0.2) is 28.9 Å². The molecule has 1 saturated carbocycles. The van der Waals surface area contributed by atoms with E-state index in [0.29, 0.717) is 17.0 Å². The van der Waals surface area contributed by atoms with Gasteiger partial charge in [-0.2, -0.15) is 0 Å². The van der Waals surface area contributed by atoms with E-state index < -0.39 is 0 Å². The lowest BCUT2D eigenvalue weighted by atomic mass is 10.2. The number of hydrogen-bond acceptors (Lipinski definition) is 4. The van der Waals surface area contributed by atoms with Gasteiger partial charge in [-0.1, -0.05) is 25.0 Å². The molecule has 1 heterocycles. The predicted octanol–water partition coefficient (Wildman–Crippen LogP) is 3.79. The Labute approximate surface area is 159 Å². The maximum absolute atomic E-state index is 12.6. The summed E-state index contributed by atoms with van der Waals surface area (Å²) in [6.07, 6.45) is 5.75. The van der Waals surface area contributed by atoms with Gasteiger partial charge in [0.25, 0.3) is 11.8 Å². The Morgan fingerprint density at radius 3 is 2.59 bits per heavy atom.